The van der Waals surface area contributed by atoms with Crippen molar-refractivity contribution in [3.8, 4) is 11.6 Å². The molecule has 1 aliphatic rings. The Hall–Kier alpha value is -1.88. The van der Waals surface area contributed by atoms with Gasteiger partial charge in [-0.25, -0.2) is 15.8 Å². The summed E-state index contributed by atoms with van der Waals surface area (Å²) >= 11 is 0. The van der Waals surface area contributed by atoms with Crippen LogP contribution in [0.2, 0.25) is 0 Å². The van der Waals surface area contributed by atoms with Gasteiger partial charge in [0.25, 0.3) is 0 Å². The van der Waals surface area contributed by atoms with Crippen LogP contribution < -0.4 is 11.3 Å². The van der Waals surface area contributed by atoms with Gasteiger partial charge in [0.1, 0.15) is 5.82 Å². The van der Waals surface area contributed by atoms with Crippen LogP contribution in [0.15, 0.2) is 16.7 Å². The Morgan fingerprint density at radius 1 is 1.21 bits per heavy atom. The summed E-state index contributed by atoms with van der Waals surface area (Å²) in [5.74, 6) is 7.70. The lowest BCUT2D eigenvalue weighted by atomic mass is 10.1. The van der Waals surface area contributed by atoms with Crippen LogP contribution in [0.25, 0.3) is 11.6 Å². The first-order chi connectivity index (χ1) is 9.29. The molecule has 1 aliphatic carbocycles. The molecule has 0 aromatic carbocycles. The van der Waals surface area contributed by atoms with Crippen LogP contribution in [0, 0.1) is 6.92 Å². The molecule has 3 N–H and O–H groups in total. The fourth-order valence-electron chi connectivity index (χ4n) is 2.59. The number of nitrogen functional groups attached to an aromatic ring is 1. The highest BCUT2D eigenvalue weighted by Gasteiger charge is 2.18. The maximum atomic E-state index is 5.61. The SMILES string of the molecule is Cc1ccoc1-c1nc2c(c(NN)n1)CCCCC2. The number of hydrazine groups is 1. The zero-order valence-corrected chi connectivity index (χ0v) is 11.1. The molecule has 0 aliphatic heterocycles. The molecule has 0 fully saturated rings. The number of aromatic nitrogens is 2. The molecule has 3 rings (SSSR count). The van der Waals surface area contributed by atoms with Crippen molar-refractivity contribution in [2.75, 3.05) is 5.43 Å². The lowest BCUT2D eigenvalue weighted by Crippen LogP contribution is -2.14. The summed E-state index contributed by atoms with van der Waals surface area (Å²) in [5.41, 5.74) is 6.01. The third kappa shape index (κ3) is 2.21. The van der Waals surface area contributed by atoms with E-state index in [4.69, 9.17) is 10.3 Å². The lowest BCUT2D eigenvalue weighted by Gasteiger charge is -2.12. The molecule has 2 aromatic heterocycles. The van der Waals surface area contributed by atoms with Crippen LogP contribution in [0.4, 0.5) is 5.82 Å². The molecule has 19 heavy (non-hydrogen) atoms. The molecule has 0 amide bonds. The molecule has 100 valence electrons. The quantitative estimate of drug-likeness (QED) is 0.492. The van der Waals surface area contributed by atoms with Crippen LogP contribution in [-0.2, 0) is 12.8 Å². The van der Waals surface area contributed by atoms with E-state index in [9.17, 15) is 0 Å². The van der Waals surface area contributed by atoms with Crippen molar-refractivity contribution in [1.82, 2.24) is 9.97 Å². The first-order valence-corrected chi connectivity index (χ1v) is 6.70. The zero-order chi connectivity index (χ0) is 13.2. The molecule has 0 saturated heterocycles. The number of anilines is 1. The van der Waals surface area contributed by atoms with Crippen molar-refractivity contribution in [3.63, 3.8) is 0 Å². The molecule has 0 bridgehead atoms. The summed E-state index contributed by atoms with van der Waals surface area (Å²) in [5, 5.41) is 0. The number of rotatable bonds is 2. The zero-order valence-electron chi connectivity index (χ0n) is 11.1. The van der Waals surface area contributed by atoms with Crippen LogP contribution in [0.1, 0.15) is 36.1 Å². The van der Waals surface area contributed by atoms with Gasteiger partial charge in [-0.3, -0.25) is 0 Å². The topological polar surface area (TPSA) is 77.0 Å². The van der Waals surface area contributed by atoms with Gasteiger partial charge in [0.05, 0.1) is 6.26 Å². The molecule has 5 heteroatoms. The minimum Gasteiger partial charge on any atom is -0.461 e. The standard InChI is InChI=1S/C14H18N4O/c1-9-7-8-19-12(9)14-16-11-6-4-2-3-5-10(11)13(17-14)18-15/h7-8H,2-6,15H2,1H3,(H,16,17,18). The minimum absolute atomic E-state index is 0.621. The Labute approximate surface area is 112 Å². The van der Waals surface area contributed by atoms with E-state index < -0.39 is 0 Å². The van der Waals surface area contributed by atoms with E-state index in [1.54, 1.807) is 6.26 Å². The van der Waals surface area contributed by atoms with Crippen molar-refractivity contribution in [2.24, 2.45) is 5.84 Å². The molecule has 2 aromatic rings. The van der Waals surface area contributed by atoms with Gasteiger partial charge < -0.3 is 9.84 Å². The average Bonchev–Trinajstić information content (AvgIpc) is 2.71. The van der Waals surface area contributed by atoms with Crippen molar-refractivity contribution < 1.29 is 4.42 Å². The summed E-state index contributed by atoms with van der Waals surface area (Å²) in [7, 11) is 0. The molecular weight excluding hydrogens is 240 g/mol. The van der Waals surface area contributed by atoms with Crippen molar-refractivity contribution in [1.29, 1.82) is 0 Å². The lowest BCUT2D eigenvalue weighted by molar-refractivity contribution is 0.575. The van der Waals surface area contributed by atoms with Crippen LogP contribution >= 0.6 is 0 Å². The van der Waals surface area contributed by atoms with E-state index in [1.807, 2.05) is 13.0 Å². The van der Waals surface area contributed by atoms with Crippen LogP contribution in [0.5, 0.6) is 0 Å². The first-order valence-electron chi connectivity index (χ1n) is 6.70. The predicted octanol–water partition coefficient (Wildman–Crippen LogP) is 2.60. The number of aryl methyl sites for hydroxylation is 2. The smallest absolute Gasteiger partial charge is 0.198 e. The summed E-state index contributed by atoms with van der Waals surface area (Å²) in [6, 6.07) is 1.92. The van der Waals surface area contributed by atoms with E-state index in [0.29, 0.717) is 5.82 Å². The summed E-state index contributed by atoms with van der Waals surface area (Å²) < 4.78 is 5.48. The molecule has 2 heterocycles. The number of furan rings is 1. The van der Waals surface area contributed by atoms with Crippen LogP contribution in [-0.4, -0.2) is 9.97 Å². The number of hydrogen-bond acceptors (Lipinski definition) is 5. The van der Waals surface area contributed by atoms with Gasteiger partial charge in [-0.1, -0.05) is 6.42 Å². The molecule has 0 saturated carbocycles. The summed E-state index contributed by atoms with van der Waals surface area (Å²) in [6.07, 6.45) is 7.21. The van der Waals surface area contributed by atoms with Gasteiger partial charge in [0.15, 0.2) is 11.6 Å². The normalized spacial score (nSPS) is 14.8. The fraction of sp³-hybridized carbons (Fsp3) is 0.429. The van der Waals surface area contributed by atoms with Gasteiger partial charge in [-0.15, -0.1) is 0 Å². The molecule has 5 nitrogen and oxygen atoms in total. The van der Waals surface area contributed by atoms with Crippen molar-refractivity contribution >= 4 is 5.82 Å². The van der Waals surface area contributed by atoms with E-state index in [-0.39, 0.29) is 0 Å². The van der Waals surface area contributed by atoms with E-state index >= 15 is 0 Å². The molecular formula is C14H18N4O. The number of nitrogens with one attached hydrogen (secondary N) is 1. The molecule has 0 radical (unpaired) electrons. The Morgan fingerprint density at radius 3 is 2.79 bits per heavy atom. The Balaban J connectivity index is 2.13. The third-order valence-electron chi connectivity index (χ3n) is 3.64. The monoisotopic (exact) mass is 258 g/mol. The maximum Gasteiger partial charge on any atom is 0.198 e. The highest BCUT2D eigenvalue weighted by molar-refractivity contribution is 5.58. The van der Waals surface area contributed by atoms with Gasteiger partial charge in [-0.2, -0.15) is 0 Å². The highest BCUT2D eigenvalue weighted by atomic mass is 16.3. The molecule has 0 spiro atoms. The first kappa shape index (κ1) is 12.2. The highest BCUT2D eigenvalue weighted by Crippen LogP contribution is 2.28. The predicted molar refractivity (Wildman–Crippen MR) is 73.5 cm³/mol. The summed E-state index contributed by atoms with van der Waals surface area (Å²) in [4.78, 5) is 9.19. The van der Waals surface area contributed by atoms with Crippen molar-refractivity contribution in [3.05, 3.63) is 29.2 Å². The van der Waals surface area contributed by atoms with E-state index in [2.05, 4.69) is 15.4 Å². The summed E-state index contributed by atoms with van der Waals surface area (Å²) in [6.45, 7) is 1.99. The number of fused-ring (bicyclic) bond motifs is 1. The number of nitrogens with zero attached hydrogens (tertiary/aromatic N) is 2. The van der Waals surface area contributed by atoms with Crippen molar-refractivity contribution in [2.45, 2.75) is 39.0 Å². The minimum atomic E-state index is 0.621. The molecule has 0 atom stereocenters. The average molecular weight is 258 g/mol. The number of hydrogen-bond donors (Lipinski definition) is 2. The fourth-order valence-corrected chi connectivity index (χ4v) is 2.59. The molecule has 0 unspecified atom stereocenters. The Kier molecular flexibility index (Phi) is 3.21. The second kappa shape index (κ2) is 5.01. The van der Waals surface area contributed by atoms with Gasteiger partial charge in [-0.05, 0) is 44.2 Å². The maximum absolute atomic E-state index is 5.61. The van der Waals surface area contributed by atoms with Gasteiger partial charge in [0, 0.05) is 11.3 Å². The number of nitrogens with two attached hydrogens (primary N) is 1. The van der Waals surface area contributed by atoms with Crippen LogP contribution in [0.3, 0.4) is 0 Å². The Morgan fingerprint density at radius 2 is 2.05 bits per heavy atom. The van der Waals surface area contributed by atoms with Gasteiger partial charge in [0.2, 0.25) is 0 Å². The largest absolute Gasteiger partial charge is 0.461 e. The second-order valence-electron chi connectivity index (χ2n) is 4.96. The third-order valence-corrected chi connectivity index (χ3v) is 3.64. The van der Waals surface area contributed by atoms with Gasteiger partial charge >= 0.3 is 0 Å². The van der Waals surface area contributed by atoms with E-state index in [0.717, 1.165) is 41.2 Å². The second-order valence-corrected chi connectivity index (χ2v) is 4.96. The van der Waals surface area contributed by atoms with E-state index in [1.165, 1.54) is 19.3 Å². The Bertz CT molecular complexity index is 591.